The molecule has 2 N–H and O–H groups in total. The highest BCUT2D eigenvalue weighted by Gasteiger charge is 2.25. The average Bonchev–Trinajstić information content (AvgIpc) is 0.730. The second kappa shape index (κ2) is 28.6. The lowest BCUT2D eigenvalue weighted by Crippen LogP contribution is -2.31. The quantitative estimate of drug-likeness (QED) is 0.118. The topological polar surface area (TPSA) is 40.5 Å². The second-order valence-electron chi connectivity index (χ2n) is 28.1. The summed E-state index contributed by atoms with van der Waals surface area (Å²) in [6, 6.07) is 142. The molecule has 2 nitrogen and oxygen atoms in total. The van der Waals surface area contributed by atoms with Gasteiger partial charge in [0.1, 0.15) is 0 Å². The Morgan fingerprint density at radius 1 is 0.174 bits per heavy atom. The molecule has 0 aliphatic carbocycles. The van der Waals surface area contributed by atoms with E-state index in [1.165, 1.54) is 164 Å². The molecule has 0 atom stereocenters. The molecule has 0 amide bonds. The Morgan fingerprint density at radius 2 is 0.440 bits per heavy atom. The largest absolute Gasteiger partial charge is 0.489 e. The predicted octanol–water partition coefficient (Wildman–Crippen LogP) is 28.6. The molecule has 0 aliphatic heterocycles. The molecule has 0 radical (unpaired) electrons. The van der Waals surface area contributed by atoms with Crippen LogP contribution in [0.15, 0.2) is 403 Å². The van der Waals surface area contributed by atoms with Crippen molar-refractivity contribution >= 4 is 163 Å². The highest BCUT2D eigenvalue weighted by atomic mass is 79.9. The predicted molar refractivity (Wildman–Crippen MR) is 475 cm³/mol. The van der Waals surface area contributed by atoms with Crippen molar-refractivity contribution in [1.82, 2.24) is 0 Å². The van der Waals surface area contributed by atoms with E-state index < -0.39 is 7.12 Å². The lowest BCUT2D eigenvalue weighted by atomic mass is 9.72. The van der Waals surface area contributed by atoms with E-state index in [4.69, 9.17) is 0 Å². The Balaban J connectivity index is 0.000000145. The third kappa shape index (κ3) is 12.2. The van der Waals surface area contributed by atoms with Crippen LogP contribution in [0.25, 0.3) is 196 Å². The first-order valence-electron chi connectivity index (χ1n) is 37.0. The molecule has 0 spiro atoms. The molecule has 512 valence electrons. The number of hydrogen-bond acceptors (Lipinski definition) is 2. The normalized spacial score (nSPS) is 11.5. The molecule has 21 rings (SSSR count). The molecular weight excluding hydrogens is 1450 g/mol. The Labute approximate surface area is 649 Å². The van der Waals surface area contributed by atoms with Crippen LogP contribution in [-0.2, 0) is 0 Å². The molecule has 21 aromatic carbocycles. The van der Waals surface area contributed by atoms with Crippen molar-refractivity contribution in [2.75, 3.05) is 0 Å². The van der Waals surface area contributed by atoms with E-state index in [0.717, 1.165) is 41.6 Å². The summed E-state index contributed by atoms with van der Waals surface area (Å²) in [6.07, 6.45) is 0. The molecule has 109 heavy (non-hydrogen) atoms. The van der Waals surface area contributed by atoms with Crippen LogP contribution < -0.4 is 5.46 Å². The van der Waals surface area contributed by atoms with Gasteiger partial charge in [0.25, 0.3) is 0 Å². The molecule has 0 aromatic heterocycles. The van der Waals surface area contributed by atoms with Crippen LogP contribution in [-0.4, -0.2) is 17.2 Å². The van der Waals surface area contributed by atoms with Crippen molar-refractivity contribution in [3.8, 4) is 77.9 Å². The Morgan fingerprint density at radius 3 is 0.826 bits per heavy atom. The van der Waals surface area contributed by atoms with Crippen LogP contribution in [0.1, 0.15) is 0 Å². The van der Waals surface area contributed by atoms with E-state index in [1.54, 1.807) is 0 Å². The fourth-order valence-electron chi connectivity index (χ4n) is 17.0. The maximum Gasteiger partial charge on any atom is 0.489 e. The lowest BCUT2D eigenvalue weighted by molar-refractivity contribution is 0.426. The first-order valence-corrected chi connectivity index (χ1v) is 38.5. The summed E-state index contributed by atoms with van der Waals surface area (Å²) in [7, 11) is -1.52. The standard InChI is InChI=1S/C64H40.C24H17BO2.C16H10Br2/c1-3-18-43-38-47(34-32-41(43)16-1)62-54-26-9-7-24-52(54)61(53-25-8-10-27-55(53)62)46-21-15-20-45(40-46)49-36-37-60(51-23-6-5-22-50(49)51)64-58-30-13-11-28-56(58)63(57-29-12-14-31-59(57)64)48-35-33-42-17-2-4-19-44(42)39-48;26-25(27)24-21-11-5-3-9-19(21)23(20-10-4-6-12-22(20)24)18-14-13-16-7-1-2-8-17(16)15-18;17-12-5-3-4-11(10-12)13-8-9-16(18)15-7-2-1-6-14(13)15/h1-40H;1-15,26-27H;1-10H. The van der Waals surface area contributed by atoms with Gasteiger partial charge in [0.05, 0.1) is 0 Å². The van der Waals surface area contributed by atoms with Crippen LogP contribution in [0.2, 0.25) is 0 Å². The van der Waals surface area contributed by atoms with Gasteiger partial charge in [-0.3, -0.25) is 0 Å². The zero-order chi connectivity index (χ0) is 73.1. The minimum atomic E-state index is -1.52. The molecule has 0 heterocycles. The van der Waals surface area contributed by atoms with Gasteiger partial charge in [0.2, 0.25) is 0 Å². The van der Waals surface area contributed by atoms with Gasteiger partial charge in [0, 0.05) is 8.95 Å². The van der Waals surface area contributed by atoms with Gasteiger partial charge in [0.15, 0.2) is 0 Å². The Bertz CT molecular complexity index is 7030. The maximum atomic E-state index is 10.1. The zero-order valence-corrected chi connectivity index (χ0v) is 62.4. The van der Waals surface area contributed by atoms with E-state index in [1.807, 2.05) is 54.6 Å². The van der Waals surface area contributed by atoms with E-state index >= 15 is 0 Å². The third-order valence-electron chi connectivity index (χ3n) is 21.9. The molecule has 0 fully saturated rings. The van der Waals surface area contributed by atoms with Gasteiger partial charge in [-0.15, -0.1) is 0 Å². The number of rotatable bonds is 8. The third-order valence-corrected chi connectivity index (χ3v) is 23.1. The fraction of sp³-hybridized carbons (Fsp3) is 0. The van der Waals surface area contributed by atoms with Crippen molar-refractivity contribution in [2.45, 2.75) is 0 Å². The summed E-state index contributed by atoms with van der Waals surface area (Å²) in [4.78, 5) is 0. The number of hydrogen-bond donors (Lipinski definition) is 2. The van der Waals surface area contributed by atoms with Crippen molar-refractivity contribution in [2.24, 2.45) is 0 Å². The number of benzene rings is 21. The summed E-state index contributed by atoms with van der Waals surface area (Å²) >= 11 is 7.14. The van der Waals surface area contributed by atoms with Gasteiger partial charge < -0.3 is 10.0 Å². The van der Waals surface area contributed by atoms with Crippen molar-refractivity contribution < 1.29 is 10.0 Å². The van der Waals surface area contributed by atoms with Crippen LogP contribution in [0.4, 0.5) is 0 Å². The number of fused-ring (bicyclic) bond motifs is 11. The molecule has 5 heteroatoms. The molecule has 0 saturated heterocycles. The molecule has 0 saturated carbocycles. The summed E-state index contributed by atoms with van der Waals surface area (Å²) < 4.78 is 2.24. The average molecular weight is 1520 g/mol. The SMILES string of the molecule is Brc1cccc(-c2ccc(Br)c3ccccc23)c1.OB(O)c1c2ccccc2c(-c2ccc3ccccc3c2)c2ccccc12.c1cc(-c2ccc(-c3c4ccccc4c(-c4ccc5ccccc5c4)c4ccccc34)c3ccccc23)cc(-c2c3ccccc3c(-c3ccc4ccccc4c3)c3ccccc23)c1. The van der Waals surface area contributed by atoms with Gasteiger partial charge in [-0.25, -0.2) is 0 Å². The van der Waals surface area contributed by atoms with Gasteiger partial charge in [-0.2, -0.15) is 0 Å². The number of halogens is 2. The highest BCUT2D eigenvalue weighted by Crippen LogP contribution is 2.50. The maximum absolute atomic E-state index is 10.1. The van der Waals surface area contributed by atoms with Gasteiger partial charge in [-0.1, -0.05) is 384 Å². The molecule has 0 aliphatic rings. The lowest BCUT2D eigenvalue weighted by Gasteiger charge is -2.20. The van der Waals surface area contributed by atoms with Crippen molar-refractivity contribution in [3.63, 3.8) is 0 Å². The monoisotopic (exact) mass is 1520 g/mol. The first-order chi connectivity index (χ1) is 53.8. The zero-order valence-electron chi connectivity index (χ0n) is 59.3. The molecule has 0 bridgehead atoms. The van der Waals surface area contributed by atoms with E-state index in [2.05, 4.69) is 372 Å². The minimum absolute atomic E-state index is 0.561. The van der Waals surface area contributed by atoms with E-state index in [9.17, 15) is 10.0 Å². The Hall–Kier alpha value is -12.6. The smallest absolute Gasteiger partial charge is 0.423 e. The summed E-state index contributed by atoms with van der Waals surface area (Å²) in [5.74, 6) is 0. The first kappa shape index (κ1) is 67.1. The van der Waals surface area contributed by atoms with E-state index in [-0.39, 0.29) is 0 Å². The van der Waals surface area contributed by atoms with Gasteiger partial charge >= 0.3 is 7.12 Å². The molecule has 21 aromatic rings. The Kier molecular flexibility index (Phi) is 17.6. The van der Waals surface area contributed by atoms with Gasteiger partial charge in [-0.05, 0) is 244 Å². The van der Waals surface area contributed by atoms with Crippen molar-refractivity contribution in [3.05, 3.63) is 403 Å². The highest BCUT2D eigenvalue weighted by molar-refractivity contribution is 9.11. The summed E-state index contributed by atoms with van der Waals surface area (Å²) in [6.45, 7) is 0. The minimum Gasteiger partial charge on any atom is -0.423 e. The summed E-state index contributed by atoms with van der Waals surface area (Å²) in [5, 5.41) is 46.4. The van der Waals surface area contributed by atoms with Crippen LogP contribution >= 0.6 is 31.9 Å². The molecule has 0 unspecified atom stereocenters. The molecular formula is C104H67BBr2O2. The van der Waals surface area contributed by atoms with Crippen LogP contribution in [0.5, 0.6) is 0 Å². The van der Waals surface area contributed by atoms with Crippen LogP contribution in [0, 0.1) is 0 Å². The van der Waals surface area contributed by atoms with Crippen LogP contribution in [0.3, 0.4) is 0 Å². The van der Waals surface area contributed by atoms with E-state index in [0.29, 0.717) is 5.46 Å². The van der Waals surface area contributed by atoms with Crippen molar-refractivity contribution in [1.29, 1.82) is 0 Å². The second-order valence-corrected chi connectivity index (χ2v) is 29.8. The fourth-order valence-corrected chi connectivity index (χ4v) is 17.9. The summed E-state index contributed by atoms with van der Waals surface area (Å²) in [5.41, 5.74) is 17.8.